The number of hydrogen-bond acceptors (Lipinski definition) is 5. The normalized spacial score (nSPS) is 11.1. The summed E-state index contributed by atoms with van der Waals surface area (Å²) in [5, 5.41) is 19.1. The molecule has 0 amide bonds. The molecule has 0 unspecified atom stereocenters. The van der Waals surface area contributed by atoms with Crippen molar-refractivity contribution in [1.82, 2.24) is 4.98 Å². The number of ether oxygens (including phenoxy) is 1. The van der Waals surface area contributed by atoms with Crippen LogP contribution in [-0.4, -0.2) is 27.3 Å². The van der Waals surface area contributed by atoms with Crippen LogP contribution in [-0.2, 0) is 0 Å². The molecule has 0 aromatic carbocycles. The third-order valence-electron chi connectivity index (χ3n) is 1.78. The van der Waals surface area contributed by atoms with Gasteiger partial charge in [0.1, 0.15) is 0 Å². The van der Waals surface area contributed by atoms with Gasteiger partial charge in [-0.2, -0.15) is 0 Å². The third kappa shape index (κ3) is 3.06. The minimum absolute atomic E-state index is 0.413. The van der Waals surface area contributed by atoms with Gasteiger partial charge in [-0.25, -0.2) is 4.79 Å². The first-order chi connectivity index (χ1) is 8.11. The van der Waals surface area contributed by atoms with E-state index in [0.717, 1.165) is 6.92 Å². The van der Waals surface area contributed by atoms with E-state index in [0.29, 0.717) is 6.07 Å². The average Bonchev–Trinajstić information content (AvgIpc) is 2.17. The van der Waals surface area contributed by atoms with Crippen molar-refractivity contribution in [3.8, 4) is 5.75 Å². The molecule has 0 aliphatic carbocycles. The number of nitrogens with zero attached hydrogens (tertiary/aromatic N) is 2. The van der Waals surface area contributed by atoms with Crippen LogP contribution in [0.1, 0.15) is 16.1 Å². The molecule has 0 atom stereocenters. The summed E-state index contributed by atoms with van der Waals surface area (Å²) in [4.78, 5) is 23.2. The summed E-state index contributed by atoms with van der Waals surface area (Å²) in [5.41, 5.74) is -1.42. The first kappa shape index (κ1) is 13.7. The molecule has 10 heteroatoms. The van der Waals surface area contributed by atoms with Crippen LogP contribution in [0.5, 0.6) is 5.75 Å². The summed E-state index contributed by atoms with van der Waals surface area (Å²) < 4.78 is 39.5. The Hall–Kier alpha value is -2.39. The Labute approximate surface area is 97.0 Å². The van der Waals surface area contributed by atoms with E-state index in [-0.39, 0.29) is 0 Å². The minimum atomic E-state index is -5.04. The molecule has 1 aromatic rings. The molecule has 1 N–H and O–H groups in total. The van der Waals surface area contributed by atoms with E-state index in [4.69, 9.17) is 5.11 Å². The molecule has 98 valence electrons. The maximum atomic E-state index is 12.0. The van der Waals surface area contributed by atoms with Crippen molar-refractivity contribution in [2.45, 2.75) is 13.3 Å². The van der Waals surface area contributed by atoms with Crippen LogP contribution >= 0.6 is 0 Å². The fourth-order valence-electron chi connectivity index (χ4n) is 1.10. The van der Waals surface area contributed by atoms with Crippen LogP contribution in [0.25, 0.3) is 0 Å². The summed E-state index contributed by atoms with van der Waals surface area (Å²) in [6.45, 7) is 1.03. The first-order valence-electron chi connectivity index (χ1n) is 4.27. The van der Waals surface area contributed by atoms with E-state index < -0.39 is 40.1 Å². The molecule has 0 radical (unpaired) electrons. The molecule has 0 spiro atoms. The van der Waals surface area contributed by atoms with Crippen LogP contribution in [0.3, 0.4) is 0 Å². The van der Waals surface area contributed by atoms with Gasteiger partial charge >= 0.3 is 18.1 Å². The van der Waals surface area contributed by atoms with Crippen LogP contribution in [0, 0.1) is 17.0 Å². The van der Waals surface area contributed by atoms with Gasteiger partial charge in [0.05, 0.1) is 0 Å². The second-order valence-electron chi connectivity index (χ2n) is 3.05. The van der Waals surface area contributed by atoms with E-state index in [9.17, 15) is 28.1 Å². The molecule has 0 fully saturated rings. The number of rotatable bonds is 3. The summed E-state index contributed by atoms with van der Waals surface area (Å²) >= 11 is 0. The zero-order valence-corrected chi connectivity index (χ0v) is 8.69. The Morgan fingerprint density at radius 1 is 1.56 bits per heavy atom. The standard InChI is InChI=1S/C8H5F3N2O5/c1-3-5(18-8(9,10)11)2-4(7(14)15)6(12-3)13(16)17/h2H,1H3,(H,14,15). The zero-order chi connectivity index (χ0) is 14.1. The van der Waals surface area contributed by atoms with E-state index in [1.807, 2.05) is 0 Å². The highest BCUT2D eigenvalue weighted by Crippen LogP contribution is 2.29. The van der Waals surface area contributed by atoms with Gasteiger partial charge in [0.15, 0.2) is 17.0 Å². The maximum Gasteiger partial charge on any atom is 0.573 e. The second kappa shape index (κ2) is 4.47. The molecule has 1 heterocycles. The van der Waals surface area contributed by atoms with Crippen LogP contribution < -0.4 is 4.74 Å². The molecule has 1 rings (SSSR count). The van der Waals surface area contributed by atoms with E-state index >= 15 is 0 Å². The Kier molecular flexibility index (Phi) is 3.39. The Morgan fingerprint density at radius 3 is 2.50 bits per heavy atom. The fraction of sp³-hybridized carbons (Fsp3) is 0.250. The molecule has 0 aliphatic heterocycles. The van der Waals surface area contributed by atoms with Crippen molar-refractivity contribution in [1.29, 1.82) is 0 Å². The number of aryl methyl sites for hydroxylation is 1. The number of nitro groups is 1. The predicted octanol–water partition coefficient (Wildman–Crippen LogP) is 1.90. The second-order valence-corrected chi connectivity index (χ2v) is 3.05. The van der Waals surface area contributed by atoms with Gasteiger partial charge in [0.2, 0.25) is 0 Å². The lowest BCUT2D eigenvalue weighted by Gasteiger charge is -2.09. The van der Waals surface area contributed by atoms with Gasteiger partial charge in [0.25, 0.3) is 0 Å². The van der Waals surface area contributed by atoms with Crippen molar-refractivity contribution < 1.29 is 32.7 Å². The fourth-order valence-corrected chi connectivity index (χ4v) is 1.10. The largest absolute Gasteiger partial charge is 0.573 e. The predicted molar refractivity (Wildman–Crippen MR) is 49.3 cm³/mol. The van der Waals surface area contributed by atoms with Crippen molar-refractivity contribution in [2.24, 2.45) is 0 Å². The Bertz CT molecular complexity index is 514. The zero-order valence-electron chi connectivity index (χ0n) is 8.69. The van der Waals surface area contributed by atoms with E-state index in [1.54, 1.807) is 0 Å². The monoisotopic (exact) mass is 266 g/mol. The molecule has 1 aromatic heterocycles. The molecule has 18 heavy (non-hydrogen) atoms. The Balaban J connectivity index is 3.36. The highest BCUT2D eigenvalue weighted by atomic mass is 19.4. The Morgan fingerprint density at radius 2 is 2.11 bits per heavy atom. The lowest BCUT2D eigenvalue weighted by molar-refractivity contribution is -0.390. The summed E-state index contributed by atoms with van der Waals surface area (Å²) in [6.07, 6.45) is -5.04. The highest BCUT2D eigenvalue weighted by molar-refractivity contribution is 5.92. The van der Waals surface area contributed by atoms with Crippen molar-refractivity contribution in [3.63, 3.8) is 0 Å². The smallest absolute Gasteiger partial charge is 0.477 e. The van der Waals surface area contributed by atoms with Gasteiger partial charge in [-0.1, -0.05) is 0 Å². The van der Waals surface area contributed by atoms with Crippen molar-refractivity contribution in [3.05, 3.63) is 27.4 Å². The number of pyridine rings is 1. The van der Waals surface area contributed by atoms with Crippen molar-refractivity contribution >= 4 is 11.8 Å². The van der Waals surface area contributed by atoms with Crippen LogP contribution in [0.15, 0.2) is 6.07 Å². The number of aromatic nitrogens is 1. The van der Waals surface area contributed by atoms with Gasteiger partial charge in [0, 0.05) is 13.0 Å². The molecular weight excluding hydrogens is 261 g/mol. The molecule has 7 nitrogen and oxygen atoms in total. The minimum Gasteiger partial charge on any atom is -0.477 e. The molecule has 0 aliphatic rings. The highest BCUT2D eigenvalue weighted by Gasteiger charge is 2.35. The summed E-state index contributed by atoms with van der Waals surface area (Å²) in [6, 6.07) is 0.413. The third-order valence-corrected chi connectivity index (χ3v) is 1.78. The van der Waals surface area contributed by atoms with Gasteiger partial charge in [-0.05, 0) is 9.91 Å². The first-order valence-corrected chi connectivity index (χ1v) is 4.27. The number of carboxylic acids is 1. The van der Waals surface area contributed by atoms with E-state index in [1.165, 1.54) is 0 Å². The number of alkyl halides is 3. The van der Waals surface area contributed by atoms with Gasteiger partial charge < -0.3 is 20.0 Å². The number of hydrogen-bond donors (Lipinski definition) is 1. The molecular formula is C8H5F3N2O5. The number of halogens is 3. The number of carbonyl (C=O) groups is 1. The maximum absolute atomic E-state index is 12.0. The van der Waals surface area contributed by atoms with Gasteiger partial charge in [-0.3, -0.25) is 0 Å². The summed E-state index contributed by atoms with van der Waals surface area (Å²) in [5.74, 6) is -3.72. The lowest BCUT2D eigenvalue weighted by Crippen LogP contribution is -2.19. The quantitative estimate of drug-likeness (QED) is 0.662. The van der Waals surface area contributed by atoms with Crippen molar-refractivity contribution in [2.75, 3.05) is 0 Å². The van der Waals surface area contributed by atoms with Gasteiger partial charge in [-0.15, -0.1) is 13.2 Å². The van der Waals surface area contributed by atoms with E-state index in [2.05, 4.69) is 9.72 Å². The molecule has 0 saturated heterocycles. The number of aromatic carboxylic acids is 1. The summed E-state index contributed by atoms with van der Waals surface area (Å²) in [7, 11) is 0. The molecule has 0 bridgehead atoms. The number of carboxylic acid groups (broad SMARTS) is 1. The SMILES string of the molecule is Cc1nc([N+](=O)[O-])c(C(=O)O)cc1OC(F)(F)F. The average molecular weight is 266 g/mol. The van der Waals surface area contributed by atoms with Crippen LogP contribution in [0.2, 0.25) is 0 Å². The van der Waals surface area contributed by atoms with Crippen LogP contribution in [0.4, 0.5) is 19.0 Å². The molecule has 0 saturated carbocycles. The topological polar surface area (TPSA) is 103 Å². The lowest BCUT2D eigenvalue weighted by atomic mass is 10.2.